The maximum absolute atomic E-state index is 11.3. The Labute approximate surface area is 87.1 Å². The summed E-state index contributed by atoms with van der Waals surface area (Å²) in [5.74, 6) is -0.791. The number of aromatic nitrogens is 2. The van der Waals surface area contributed by atoms with Crippen molar-refractivity contribution < 1.29 is 17.9 Å². The second kappa shape index (κ2) is 4.30. The summed E-state index contributed by atoms with van der Waals surface area (Å²) in [6.45, 7) is 1.85. The van der Waals surface area contributed by atoms with Crippen LogP contribution >= 0.6 is 0 Å². The van der Waals surface area contributed by atoms with Crippen molar-refractivity contribution in [1.82, 2.24) is 9.66 Å². The van der Waals surface area contributed by atoms with Crippen LogP contribution in [0, 0.1) is 0 Å². The van der Waals surface area contributed by atoms with Crippen molar-refractivity contribution in [3.05, 3.63) is 18.2 Å². The lowest BCUT2D eigenvalue weighted by atomic mass is 10.6. The molecule has 0 aromatic carbocycles. The Hall–Kier alpha value is -1.57. The first kappa shape index (κ1) is 11.5. The van der Waals surface area contributed by atoms with Gasteiger partial charge in [0.2, 0.25) is 15.8 Å². The largest absolute Gasteiger partial charge is 0.460 e. The van der Waals surface area contributed by atoms with Gasteiger partial charge in [-0.25, -0.2) is 27.7 Å². The Balaban J connectivity index is 2.92. The van der Waals surface area contributed by atoms with Crippen molar-refractivity contribution in [2.24, 2.45) is 0 Å². The number of nitrogens with zero attached hydrogens (tertiary/aromatic N) is 2. The Morgan fingerprint density at radius 2 is 2.33 bits per heavy atom. The summed E-state index contributed by atoms with van der Waals surface area (Å²) in [7, 11) is -3.45. The molecule has 0 saturated heterocycles. The minimum atomic E-state index is -3.45. The molecule has 8 heteroatoms. The van der Waals surface area contributed by atoms with Crippen molar-refractivity contribution in [2.75, 3.05) is 17.7 Å². The number of nitrogens with one attached hydrogen (secondary N) is 1. The monoisotopic (exact) mass is 233 g/mol. The van der Waals surface area contributed by atoms with Crippen LogP contribution < -0.4 is 4.83 Å². The number of ether oxygens (including phenoxy) is 1. The molecule has 15 heavy (non-hydrogen) atoms. The highest BCUT2D eigenvalue weighted by Gasteiger charge is 2.15. The van der Waals surface area contributed by atoms with E-state index in [4.69, 9.17) is 0 Å². The van der Waals surface area contributed by atoms with E-state index in [1.54, 1.807) is 6.92 Å². The summed E-state index contributed by atoms with van der Waals surface area (Å²) in [6, 6.07) is 0. The van der Waals surface area contributed by atoms with Gasteiger partial charge in [0.25, 0.3) is 0 Å². The van der Waals surface area contributed by atoms with Crippen molar-refractivity contribution in [3.8, 4) is 0 Å². The minimum Gasteiger partial charge on any atom is -0.460 e. The number of carbonyl (C=O) groups is 1. The Kier molecular flexibility index (Phi) is 3.30. The second-order valence-electron chi connectivity index (χ2n) is 2.70. The van der Waals surface area contributed by atoms with E-state index in [1.165, 1.54) is 12.4 Å². The van der Waals surface area contributed by atoms with Gasteiger partial charge in [0.05, 0.1) is 12.9 Å². The maximum Gasteiger partial charge on any atom is 0.376 e. The molecule has 0 spiro atoms. The van der Waals surface area contributed by atoms with E-state index in [0.717, 1.165) is 10.9 Å². The van der Waals surface area contributed by atoms with Gasteiger partial charge in [-0.2, -0.15) is 0 Å². The van der Waals surface area contributed by atoms with Gasteiger partial charge >= 0.3 is 5.97 Å². The Bertz CT molecular complexity index is 451. The molecule has 1 N–H and O–H groups in total. The molecular weight excluding hydrogens is 222 g/mol. The lowest BCUT2D eigenvalue weighted by Gasteiger charge is -2.07. The third-order valence-corrected chi connectivity index (χ3v) is 1.89. The van der Waals surface area contributed by atoms with Crippen molar-refractivity contribution in [2.45, 2.75) is 6.92 Å². The van der Waals surface area contributed by atoms with Gasteiger partial charge < -0.3 is 4.74 Å². The zero-order valence-corrected chi connectivity index (χ0v) is 9.11. The van der Waals surface area contributed by atoms with E-state index in [9.17, 15) is 13.2 Å². The Morgan fingerprint density at radius 3 is 2.87 bits per heavy atom. The molecule has 1 aromatic heterocycles. The first-order valence-corrected chi connectivity index (χ1v) is 6.01. The van der Waals surface area contributed by atoms with Crippen LogP contribution in [0.5, 0.6) is 0 Å². The number of carbonyl (C=O) groups excluding carboxylic acids is 1. The fourth-order valence-electron chi connectivity index (χ4n) is 0.902. The van der Waals surface area contributed by atoms with Gasteiger partial charge in [0.1, 0.15) is 0 Å². The summed E-state index contributed by atoms with van der Waals surface area (Å²) in [5.41, 5.74) is 0. The SMILES string of the molecule is CCOC(=O)c1nccn1NS(C)(=O)=O. The molecule has 1 rings (SSSR count). The molecule has 0 unspecified atom stereocenters. The molecule has 0 amide bonds. The molecule has 0 radical (unpaired) electrons. The number of rotatable bonds is 4. The fourth-order valence-corrected chi connectivity index (χ4v) is 1.41. The zero-order valence-electron chi connectivity index (χ0n) is 8.30. The predicted molar refractivity (Wildman–Crippen MR) is 52.4 cm³/mol. The number of hydrogen-bond acceptors (Lipinski definition) is 5. The van der Waals surface area contributed by atoms with E-state index in [1.807, 2.05) is 0 Å². The van der Waals surface area contributed by atoms with Crippen molar-refractivity contribution in [3.63, 3.8) is 0 Å². The highest BCUT2D eigenvalue weighted by molar-refractivity contribution is 7.91. The van der Waals surface area contributed by atoms with Gasteiger partial charge in [0.15, 0.2) is 0 Å². The molecule has 0 atom stereocenters. The first-order chi connectivity index (χ1) is 6.94. The van der Waals surface area contributed by atoms with E-state index >= 15 is 0 Å². The summed E-state index contributed by atoms with van der Waals surface area (Å²) >= 11 is 0. The minimum absolute atomic E-state index is 0.109. The van der Waals surface area contributed by atoms with Crippen LogP contribution in [0.25, 0.3) is 0 Å². The van der Waals surface area contributed by atoms with Crippen LogP contribution in [0.15, 0.2) is 12.4 Å². The van der Waals surface area contributed by atoms with Gasteiger partial charge in [-0.1, -0.05) is 0 Å². The van der Waals surface area contributed by atoms with Gasteiger partial charge in [-0.05, 0) is 6.92 Å². The standard InChI is InChI=1S/C7H11N3O4S/c1-3-14-7(11)6-8-4-5-10(6)9-15(2,12)13/h4-5,9H,3H2,1-2H3. The predicted octanol–water partition coefficient (Wildman–Crippen LogP) is -0.437. The summed E-state index contributed by atoms with van der Waals surface area (Å²) in [4.78, 5) is 17.0. The second-order valence-corrected chi connectivity index (χ2v) is 4.43. The molecule has 7 nitrogen and oxygen atoms in total. The van der Waals surface area contributed by atoms with E-state index in [2.05, 4.69) is 14.6 Å². The van der Waals surface area contributed by atoms with E-state index < -0.39 is 16.0 Å². The Morgan fingerprint density at radius 1 is 1.67 bits per heavy atom. The fraction of sp³-hybridized carbons (Fsp3) is 0.429. The summed E-state index contributed by atoms with van der Waals surface area (Å²) in [6.07, 6.45) is 3.58. The molecule has 1 heterocycles. The molecule has 0 bridgehead atoms. The molecule has 0 saturated carbocycles. The average molecular weight is 233 g/mol. The normalized spacial score (nSPS) is 11.1. The van der Waals surface area contributed by atoms with Gasteiger partial charge in [0, 0.05) is 12.4 Å². The van der Waals surface area contributed by atoms with Crippen LogP contribution in [-0.2, 0) is 14.8 Å². The topological polar surface area (TPSA) is 90.3 Å². The van der Waals surface area contributed by atoms with Crippen LogP contribution in [0.1, 0.15) is 17.5 Å². The molecule has 84 valence electrons. The molecule has 0 aliphatic heterocycles. The first-order valence-electron chi connectivity index (χ1n) is 4.12. The average Bonchev–Trinajstić information content (AvgIpc) is 2.49. The van der Waals surface area contributed by atoms with Crippen LogP contribution in [-0.4, -0.2) is 36.9 Å². The molecule has 1 aromatic rings. The van der Waals surface area contributed by atoms with Gasteiger partial charge in [-0.3, -0.25) is 0 Å². The third-order valence-electron chi connectivity index (χ3n) is 1.36. The quantitative estimate of drug-likeness (QED) is 0.712. The highest BCUT2D eigenvalue weighted by Crippen LogP contribution is 1.98. The van der Waals surface area contributed by atoms with Crippen LogP contribution in [0.3, 0.4) is 0 Å². The zero-order chi connectivity index (χ0) is 11.5. The number of hydrogen-bond donors (Lipinski definition) is 1. The van der Waals surface area contributed by atoms with E-state index in [0.29, 0.717) is 0 Å². The van der Waals surface area contributed by atoms with Crippen molar-refractivity contribution >= 4 is 16.0 Å². The number of esters is 1. The lowest BCUT2D eigenvalue weighted by molar-refractivity contribution is 0.0509. The summed E-state index contributed by atoms with van der Waals surface area (Å²) in [5, 5.41) is 0. The number of imidazole rings is 1. The number of sulfonamides is 1. The van der Waals surface area contributed by atoms with Crippen molar-refractivity contribution in [1.29, 1.82) is 0 Å². The van der Waals surface area contributed by atoms with E-state index in [-0.39, 0.29) is 12.4 Å². The lowest BCUT2D eigenvalue weighted by Crippen LogP contribution is -2.25. The van der Waals surface area contributed by atoms with Crippen LogP contribution in [0.4, 0.5) is 0 Å². The third kappa shape index (κ3) is 3.24. The highest BCUT2D eigenvalue weighted by atomic mass is 32.2. The van der Waals surface area contributed by atoms with Crippen LogP contribution in [0.2, 0.25) is 0 Å². The molecule has 0 aliphatic carbocycles. The van der Waals surface area contributed by atoms with Gasteiger partial charge in [-0.15, -0.1) is 0 Å². The summed E-state index contributed by atoms with van der Waals surface area (Å²) < 4.78 is 27.5. The molecule has 0 aliphatic rings. The maximum atomic E-state index is 11.3. The smallest absolute Gasteiger partial charge is 0.376 e. The molecular formula is C7H11N3O4S. The molecule has 0 fully saturated rings.